The Bertz CT molecular complexity index is 1290. The minimum atomic E-state index is -0.521. The molecule has 3 aromatic rings. The van der Waals surface area contributed by atoms with Crippen molar-refractivity contribution >= 4 is 34.4 Å². The second-order valence-corrected chi connectivity index (χ2v) is 7.64. The number of nitro groups is 1. The Labute approximate surface area is 190 Å². The molecule has 0 unspecified atom stereocenters. The van der Waals surface area contributed by atoms with Crippen LogP contribution in [0.1, 0.15) is 16.7 Å². The van der Waals surface area contributed by atoms with E-state index in [2.05, 4.69) is 5.32 Å². The van der Waals surface area contributed by atoms with E-state index in [4.69, 9.17) is 4.74 Å². The van der Waals surface area contributed by atoms with Crippen LogP contribution in [0.2, 0.25) is 0 Å². The first kappa shape index (κ1) is 21.8. The number of hydrogen-bond donors (Lipinski definition) is 1. The number of carbonyl (C=O) groups is 2. The Kier molecular flexibility index (Phi) is 5.66. The number of amides is 2. The molecule has 1 aliphatic rings. The quantitative estimate of drug-likeness (QED) is 0.339. The average Bonchev–Trinajstić information content (AvgIpc) is 3.05. The average molecular weight is 443 g/mol. The van der Waals surface area contributed by atoms with Gasteiger partial charge in [0.25, 0.3) is 17.5 Å². The van der Waals surface area contributed by atoms with Crippen LogP contribution < -0.4 is 15.0 Å². The first-order chi connectivity index (χ1) is 15.8. The van der Waals surface area contributed by atoms with E-state index >= 15 is 0 Å². The Morgan fingerprint density at radius 3 is 2.18 bits per heavy atom. The van der Waals surface area contributed by atoms with Gasteiger partial charge in [-0.1, -0.05) is 12.1 Å². The van der Waals surface area contributed by atoms with Gasteiger partial charge in [0, 0.05) is 17.8 Å². The maximum absolute atomic E-state index is 13.5. The molecule has 1 heterocycles. The number of nitrogens with one attached hydrogen (secondary N) is 1. The van der Waals surface area contributed by atoms with E-state index in [9.17, 15) is 19.7 Å². The summed E-state index contributed by atoms with van der Waals surface area (Å²) in [6.07, 6.45) is 0. The number of carbonyl (C=O) groups excluding carboxylic acids is 2. The number of methoxy groups -OCH3 is 1. The molecule has 166 valence electrons. The van der Waals surface area contributed by atoms with Gasteiger partial charge in [0.1, 0.15) is 11.4 Å². The van der Waals surface area contributed by atoms with E-state index in [1.165, 1.54) is 31.4 Å². The van der Waals surface area contributed by atoms with E-state index in [0.717, 1.165) is 16.0 Å². The molecule has 0 radical (unpaired) electrons. The molecule has 0 aliphatic carbocycles. The summed E-state index contributed by atoms with van der Waals surface area (Å²) < 4.78 is 5.16. The number of anilines is 2. The van der Waals surface area contributed by atoms with Gasteiger partial charge in [0.05, 0.1) is 23.3 Å². The predicted octanol–water partition coefficient (Wildman–Crippen LogP) is 4.62. The number of rotatable bonds is 6. The summed E-state index contributed by atoms with van der Waals surface area (Å²) in [7, 11) is 1.53. The molecule has 0 saturated carbocycles. The highest BCUT2D eigenvalue weighted by Gasteiger charge is 2.40. The standard InChI is InChI=1S/C25H21N3O5/c1-15-4-5-16(2)21(14-15)26-23-22(17-6-8-19(9-7-17)28(31)32)24(29)27(25(23)30)18-10-12-20(33-3)13-11-18/h4-14,26H,1-3H3. The van der Waals surface area contributed by atoms with Gasteiger partial charge in [-0.3, -0.25) is 19.7 Å². The summed E-state index contributed by atoms with van der Waals surface area (Å²) in [5, 5.41) is 14.2. The number of benzene rings is 3. The van der Waals surface area contributed by atoms with Crippen molar-refractivity contribution in [1.82, 2.24) is 0 Å². The molecule has 0 atom stereocenters. The molecule has 8 nitrogen and oxygen atoms in total. The number of nitro benzene ring substituents is 1. The van der Waals surface area contributed by atoms with Crippen molar-refractivity contribution < 1.29 is 19.2 Å². The largest absolute Gasteiger partial charge is 0.497 e. The van der Waals surface area contributed by atoms with Gasteiger partial charge in [0.2, 0.25) is 0 Å². The summed E-state index contributed by atoms with van der Waals surface area (Å²) >= 11 is 0. The molecule has 1 aliphatic heterocycles. The SMILES string of the molecule is COc1ccc(N2C(=O)C(Nc3cc(C)ccc3C)=C(c3ccc([N+](=O)[O-])cc3)C2=O)cc1. The zero-order chi connectivity index (χ0) is 23.7. The molecule has 0 aromatic heterocycles. The van der Waals surface area contributed by atoms with Crippen LogP contribution in [0.25, 0.3) is 5.57 Å². The van der Waals surface area contributed by atoms with E-state index < -0.39 is 16.7 Å². The number of nitrogens with zero attached hydrogens (tertiary/aromatic N) is 2. The van der Waals surface area contributed by atoms with Crippen LogP contribution in [0, 0.1) is 24.0 Å². The molecule has 0 saturated heterocycles. The first-order valence-corrected chi connectivity index (χ1v) is 10.2. The normalized spacial score (nSPS) is 13.5. The molecular weight excluding hydrogens is 422 g/mol. The van der Waals surface area contributed by atoms with E-state index in [0.29, 0.717) is 22.7 Å². The highest BCUT2D eigenvalue weighted by atomic mass is 16.6. The van der Waals surface area contributed by atoms with Gasteiger partial charge in [-0.05, 0) is 73.0 Å². The molecular formula is C25H21N3O5. The fraction of sp³-hybridized carbons (Fsp3) is 0.120. The van der Waals surface area contributed by atoms with Crippen molar-refractivity contribution in [2.24, 2.45) is 0 Å². The first-order valence-electron chi connectivity index (χ1n) is 10.2. The third-order valence-corrected chi connectivity index (χ3v) is 5.43. The van der Waals surface area contributed by atoms with Crippen LogP contribution in [-0.4, -0.2) is 23.8 Å². The summed E-state index contributed by atoms with van der Waals surface area (Å²) in [4.78, 5) is 38.6. The fourth-order valence-electron chi connectivity index (χ4n) is 3.63. The Morgan fingerprint density at radius 1 is 0.909 bits per heavy atom. The van der Waals surface area contributed by atoms with Gasteiger partial charge >= 0.3 is 0 Å². The van der Waals surface area contributed by atoms with Gasteiger partial charge < -0.3 is 10.1 Å². The fourth-order valence-corrected chi connectivity index (χ4v) is 3.63. The maximum atomic E-state index is 13.5. The van der Waals surface area contributed by atoms with Crippen LogP contribution in [0.5, 0.6) is 5.75 Å². The Balaban J connectivity index is 1.82. The van der Waals surface area contributed by atoms with Crippen LogP contribution in [-0.2, 0) is 9.59 Å². The van der Waals surface area contributed by atoms with Gasteiger partial charge in [-0.15, -0.1) is 0 Å². The number of ether oxygens (including phenoxy) is 1. The molecule has 0 fully saturated rings. The highest BCUT2D eigenvalue weighted by Crippen LogP contribution is 2.35. The summed E-state index contributed by atoms with van der Waals surface area (Å²) in [5.74, 6) is -0.443. The third-order valence-electron chi connectivity index (χ3n) is 5.43. The zero-order valence-corrected chi connectivity index (χ0v) is 18.3. The van der Waals surface area contributed by atoms with Crippen LogP contribution >= 0.6 is 0 Å². The third kappa shape index (κ3) is 4.06. The smallest absolute Gasteiger partial charge is 0.282 e. The molecule has 1 N–H and O–H groups in total. The zero-order valence-electron chi connectivity index (χ0n) is 18.3. The van der Waals surface area contributed by atoms with Crippen molar-refractivity contribution in [1.29, 1.82) is 0 Å². The second-order valence-electron chi connectivity index (χ2n) is 7.64. The predicted molar refractivity (Wildman–Crippen MR) is 125 cm³/mol. The monoisotopic (exact) mass is 443 g/mol. The van der Waals surface area contributed by atoms with E-state index in [1.54, 1.807) is 24.3 Å². The van der Waals surface area contributed by atoms with Gasteiger partial charge in [-0.25, -0.2) is 4.90 Å². The lowest BCUT2D eigenvalue weighted by molar-refractivity contribution is -0.384. The van der Waals surface area contributed by atoms with Crippen molar-refractivity contribution in [2.75, 3.05) is 17.3 Å². The number of non-ortho nitro benzene ring substituents is 1. The molecule has 8 heteroatoms. The maximum Gasteiger partial charge on any atom is 0.282 e. The van der Waals surface area contributed by atoms with Crippen molar-refractivity contribution in [3.8, 4) is 5.75 Å². The lowest BCUT2D eigenvalue weighted by Crippen LogP contribution is -2.32. The molecule has 33 heavy (non-hydrogen) atoms. The van der Waals surface area contributed by atoms with E-state index in [-0.39, 0.29) is 17.0 Å². The Hall–Kier alpha value is -4.46. The molecule has 4 rings (SSSR count). The summed E-state index contributed by atoms with van der Waals surface area (Å²) in [6.45, 7) is 3.83. The highest BCUT2D eigenvalue weighted by molar-refractivity contribution is 6.46. The minimum absolute atomic E-state index is 0.104. The van der Waals surface area contributed by atoms with Crippen LogP contribution in [0.15, 0.2) is 72.4 Å². The van der Waals surface area contributed by atoms with Crippen molar-refractivity contribution in [3.63, 3.8) is 0 Å². The molecule has 0 bridgehead atoms. The molecule has 2 amide bonds. The van der Waals surface area contributed by atoms with Gasteiger partial charge in [-0.2, -0.15) is 0 Å². The van der Waals surface area contributed by atoms with Crippen LogP contribution in [0.4, 0.5) is 17.1 Å². The van der Waals surface area contributed by atoms with Crippen molar-refractivity contribution in [2.45, 2.75) is 13.8 Å². The number of aryl methyl sites for hydroxylation is 2. The topological polar surface area (TPSA) is 102 Å². The van der Waals surface area contributed by atoms with Gasteiger partial charge in [0.15, 0.2) is 0 Å². The number of imide groups is 1. The lowest BCUT2D eigenvalue weighted by atomic mass is 10.0. The lowest BCUT2D eigenvalue weighted by Gasteiger charge is -2.16. The van der Waals surface area contributed by atoms with Crippen molar-refractivity contribution in [3.05, 3.63) is 99.2 Å². The second kappa shape index (κ2) is 8.58. The molecule has 3 aromatic carbocycles. The van der Waals surface area contributed by atoms with Crippen LogP contribution in [0.3, 0.4) is 0 Å². The summed E-state index contributed by atoms with van der Waals surface area (Å²) in [6, 6.07) is 17.9. The molecule has 0 spiro atoms. The summed E-state index contributed by atoms with van der Waals surface area (Å²) in [5.41, 5.74) is 3.54. The minimum Gasteiger partial charge on any atom is -0.497 e. The van der Waals surface area contributed by atoms with E-state index in [1.807, 2.05) is 32.0 Å². The Morgan fingerprint density at radius 2 is 1.58 bits per heavy atom. The number of hydrogen-bond acceptors (Lipinski definition) is 6.